The SMILES string of the molecule is CC1CC(CNc2ncc(I)cn2)C1. The molecule has 2 rings (SSSR count). The molecule has 0 aliphatic heterocycles. The second-order valence-electron chi connectivity index (χ2n) is 4.05. The van der Waals surface area contributed by atoms with Gasteiger partial charge in [0.1, 0.15) is 0 Å². The van der Waals surface area contributed by atoms with E-state index in [-0.39, 0.29) is 0 Å². The first-order valence-corrected chi connectivity index (χ1v) is 6.03. The average molecular weight is 303 g/mol. The monoisotopic (exact) mass is 303 g/mol. The number of nitrogens with one attached hydrogen (secondary N) is 1. The molecule has 0 unspecified atom stereocenters. The Hall–Kier alpha value is -0.390. The van der Waals surface area contributed by atoms with Crippen LogP contribution in [0.3, 0.4) is 0 Å². The molecule has 1 heterocycles. The smallest absolute Gasteiger partial charge is 0.222 e. The molecule has 0 saturated heterocycles. The van der Waals surface area contributed by atoms with Crippen LogP contribution in [0, 0.1) is 15.4 Å². The molecule has 0 aromatic carbocycles. The average Bonchev–Trinajstić information content (AvgIpc) is 2.13. The maximum atomic E-state index is 4.20. The highest BCUT2D eigenvalue weighted by Gasteiger charge is 2.24. The third kappa shape index (κ3) is 2.56. The van der Waals surface area contributed by atoms with Crippen LogP contribution in [0.15, 0.2) is 12.4 Å². The summed E-state index contributed by atoms with van der Waals surface area (Å²) in [4.78, 5) is 8.40. The third-order valence-electron chi connectivity index (χ3n) is 2.64. The molecule has 76 valence electrons. The predicted octanol–water partition coefficient (Wildman–Crippen LogP) is 2.54. The molecule has 1 aliphatic rings. The molecule has 0 spiro atoms. The third-order valence-corrected chi connectivity index (χ3v) is 3.20. The van der Waals surface area contributed by atoms with Crippen molar-refractivity contribution < 1.29 is 0 Å². The summed E-state index contributed by atoms with van der Waals surface area (Å²) in [5, 5.41) is 3.27. The van der Waals surface area contributed by atoms with Crippen LogP contribution in [0.1, 0.15) is 19.8 Å². The van der Waals surface area contributed by atoms with E-state index in [4.69, 9.17) is 0 Å². The fourth-order valence-corrected chi connectivity index (χ4v) is 2.15. The Kier molecular flexibility index (Phi) is 3.20. The van der Waals surface area contributed by atoms with E-state index < -0.39 is 0 Å². The Morgan fingerprint density at radius 2 is 2.07 bits per heavy atom. The van der Waals surface area contributed by atoms with Crippen molar-refractivity contribution in [1.82, 2.24) is 9.97 Å². The topological polar surface area (TPSA) is 37.8 Å². The zero-order chi connectivity index (χ0) is 9.97. The largest absolute Gasteiger partial charge is 0.354 e. The molecule has 1 saturated carbocycles. The quantitative estimate of drug-likeness (QED) is 0.872. The van der Waals surface area contributed by atoms with Crippen molar-refractivity contribution in [3.05, 3.63) is 16.0 Å². The van der Waals surface area contributed by atoms with E-state index in [0.717, 1.165) is 27.9 Å². The summed E-state index contributed by atoms with van der Waals surface area (Å²) >= 11 is 2.21. The second-order valence-corrected chi connectivity index (χ2v) is 5.29. The standard InChI is InChI=1S/C10H14IN3/c1-7-2-8(3-7)4-12-10-13-5-9(11)6-14-10/h5-8H,2-4H2,1H3,(H,12,13,14). The van der Waals surface area contributed by atoms with Crippen LogP contribution in [0.25, 0.3) is 0 Å². The summed E-state index contributed by atoms with van der Waals surface area (Å²) in [7, 11) is 0. The van der Waals surface area contributed by atoms with Gasteiger partial charge in [-0.3, -0.25) is 0 Å². The molecule has 1 fully saturated rings. The van der Waals surface area contributed by atoms with Gasteiger partial charge in [0.25, 0.3) is 0 Å². The van der Waals surface area contributed by atoms with Gasteiger partial charge in [0.2, 0.25) is 5.95 Å². The van der Waals surface area contributed by atoms with Crippen molar-refractivity contribution >= 4 is 28.5 Å². The van der Waals surface area contributed by atoms with Gasteiger partial charge in [0, 0.05) is 22.5 Å². The predicted molar refractivity (Wildman–Crippen MR) is 65.1 cm³/mol. The van der Waals surface area contributed by atoms with Crippen LogP contribution in [-0.4, -0.2) is 16.5 Å². The number of halogens is 1. The van der Waals surface area contributed by atoms with E-state index >= 15 is 0 Å². The maximum Gasteiger partial charge on any atom is 0.222 e. The summed E-state index contributed by atoms with van der Waals surface area (Å²) in [6, 6.07) is 0. The van der Waals surface area contributed by atoms with Crippen molar-refractivity contribution in [2.75, 3.05) is 11.9 Å². The van der Waals surface area contributed by atoms with Gasteiger partial charge < -0.3 is 5.32 Å². The van der Waals surface area contributed by atoms with Crippen LogP contribution < -0.4 is 5.32 Å². The van der Waals surface area contributed by atoms with Gasteiger partial charge in [0.05, 0.1) is 0 Å². The number of rotatable bonds is 3. The van der Waals surface area contributed by atoms with E-state index in [2.05, 4.69) is 44.8 Å². The Labute approximate surface area is 97.9 Å². The lowest BCUT2D eigenvalue weighted by atomic mass is 9.76. The van der Waals surface area contributed by atoms with E-state index in [1.807, 2.05) is 12.4 Å². The van der Waals surface area contributed by atoms with Gasteiger partial charge in [-0.05, 0) is 47.3 Å². The molecule has 1 aromatic rings. The summed E-state index contributed by atoms with van der Waals surface area (Å²) in [5.41, 5.74) is 0. The Balaban J connectivity index is 1.78. The molecule has 14 heavy (non-hydrogen) atoms. The molecule has 1 aromatic heterocycles. The molecular weight excluding hydrogens is 289 g/mol. The first-order chi connectivity index (χ1) is 6.74. The number of nitrogens with zero attached hydrogens (tertiary/aromatic N) is 2. The van der Waals surface area contributed by atoms with Gasteiger partial charge in [-0.15, -0.1) is 0 Å². The molecule has 0 bridgehead atoms. The van der Waals surface area contributed by atoms with Gasteiger partial charge in [0.15, 0.2) is 0 Å². The molecule has 1 N–H and O–H groups in total. The second kappa shape index (κ2) is 4.42. The summed E-state index contributed by atoms with van der Waals surface area (Å²) in [6.07, 6.45) is 6.35. The molecule has 0 amide bonds. The fraction of sp³-hybridized carbons (Fsp3) is 0.600. The Bertz CT molecular complexity index is 293. The van der Waals surface area contributed by atoms with Crippen molar-refractivity contribution in [1.29, 1.82) is 0 Å². The van der Waals surface area contributed by atoms with Crippen LogP contribution in [0.4, 0.5) is 5.95 Å². The summed E-state index contributed by atoms with van der Waals surface area (Å²) in [6.45, 7) is 3.32. The van der Waals surface area contributed by atoms with E-state index in [1.165, 1.54) is 12.8 Å². The first-order valence-electron chi connectivity index (χ1n) is 4.95. The number of hydrogen-bond acceptors (Lipinski definition) is 3. The Morgan fingerprint density at radius 3 is 2.64 bits per heavy atom. The van der Waals surface area contributed by atoms with Gasteiger partial charge in [-0.1, -0.05) is 6.92 Å². The molecular formula is C10H14IN3. The van der Waals surface area contributed by atoms with Gasteiger partial charge in [-0.25, -0.2) is 9.97 Å². The number of hydrogen-bond donors (Lipinski definition) is 1. The van der Waals surface area contributed by atoms with E-state index in [0.29, 0.717) is 0 Å². The lowest BCUT2D eigenvalue weighted by molar-refractivity contribution is 0.225. The van der Waals surface area contributed by atoms with Gasteiger partial charge >= 0.3 is 0 Å². The minimum Gasteiger partial charge on any atom is -0.354 e. The number of anilines is 1. The first kappa shape index (κ1) is 10.1. The normalized spacial score (nSPS) is 25.6. The zero-order valence-electron chi connectivity index (χ0n) is 8.20. The lowest BCUT2D eigenvalue weighted by Crippen LogP contribution is -2.28. The summed E-state index contributed by atoms with van der Waals surface area (Å²) < 4.78 is 1.07. The molecule has 0 radical (unpaired) electrons. The minimum atomic E-state index is 0.755. The van der Waals surface area contributed by atoms with Crippen molar-refractivity contribution in [2.45, 2.75) is 19.8 Å². The molecule has 3 nitrogen and oxygen atoms in total. The molecule has 4 heteroatoms. The van der Waals surface area contributed by atoms with Crippen LogP contribution in [0.5, 0.6) is 0 Å². The van der Waals surface area contributed by atoms with Gasteiger partial charge in [-0.2, -0.15) is 0 Å². The van der Waals surface area contributed by atoms with Crippen molar-refractivity contribution in [2.24, 2.45) is 11.8 Å². The van der Waals surface area contributed by atoms with E-state index in [1.54, 1.807) is 0 Å². The maximum absolute atomic E-state index is 4.20. The highest BCUT2D eigenvalue weighted by Crippen LogP contribution is 2.32. The molecule has 1 aliphatic carbocycles. The summed E-state index contributed by atoms with van der Waals surface area (Å²) in [5.74, 6) is 2.50. The highest BCUT2D eigenvalue weighted by molar-refractivity contribution is 14.1. The Morgan fingerprint density at radius 1 is 1.43 bits per heavy atom. The number of aromatic nitrogens is 2. The van der Waals surface area contributed by atoms with Crippen molar-refractivity contribution in [3.63, 3.8) is 0 Å². The highest BCUT2D eigenvalue weighted by atomic mass is 127. The van der Waals surface area contributed by atoms with Crippen LogP contribution in [0.2, 0.25) is 0 Å². The zero-order valence-corrected chi connectivity index (χ0v) is 10.4. The molecule has 0 atom stereocenters. The van der Waals surface area contributed by atoms with Crippen LogP contribution in [-0.2, 0) is 0 Å². The van der Waals surface area contributed by atoms with Crippen LogP contribution >= 0.6 is 22.6 Å². The van der Waals surface area contributed by atoms with E-state index in [9.17, 15) is 0 Å². The van der Waals surface area contributed by atoms with Crippen molar-refractivity contribution in [3.8, 4) is 0 Å². The fourth-order valence-electron chi connectivity index (χ4n) is 1.87. The minimum absolute atomic E-state index is 0.755. The lowest BCUT2D eigenvalue weighted by Gasteiger charge is -2.32.